The SMILES string of the molecule is CC(C)CC(C(N)=O)N(Cc1cccc([N+](=O)[O-])c1)Cc1cc(-c2ccccc2Cl)on1. The van der Waals surface area contributed by atoms with Gasteiger partial charge in [0.25, 0.3) is 5.69 Å². The molecule has 0 aliphatic heterocycles. The fourth-order valence-corrected chi connectivity index (χ4v) is 3.78. The summed E-state index contributed by atoms with van der Waals surface area (Å²) in [6.45, 7) is 4.58. The number of amides is 1. The smallest absolute Gasteiger partial charge is 0.269 e. The molecule has 2 aromatic carbocycles. The van der Waals surface area contributed by atoms with Gasteiger partial charge in [-0.05, 0) is 30.0 Å². The summed E-state index contributed by atoms with van der Waals surface area (Å²) in [5, 5.41) is 15.9. The second-order valence-corrected chi connectivity index (χ2v) is 8.45. The molecule has 32 heavy (non-hydrogen) atoms. The van der Waals surface area contributed by atoms with Crippen LogP contribution in [-0.2, 0) is 17.9 Å². The van der Waals surface area contributed by atoms with Gasteiger partial charge in [0.2, 0.25) is 5.91 Å². The number of non-ortho nitro benzene ring substituents is 1. The Morgan fingerprint density at radius 3 is 2.59 bits per heavy atom. The van der Waals surface area contributed by atoms with Crippen molar-refractivity contribution in [3.8, 4) is 11.3 Å². The molecule has 3 aromatic rings. The number of nitro benzene ring substituents is 1. The van der Waals surface area contributed by atoms with E-state index >= 15 is 0 Å². The van der Waals surface area contributed by atoms with Crippen LogP contribution in [0.25, 0.3) is 11.3 Å². The minimum Gasteiger partial charge on any atom is -0.368 e. The average Bonchev–Trinajstić information content (AvgIpc) is 3.20. The average molecular weight is 457 g/mol. The van der Waals surface area contributed by atoms with Crippen LogP contribution in [0.2, 0.25) is 5.02 Å². The number of aromatic nitrogens is 1. The van der Waals surface area contributed by atoms with Crippen LogP contribution in [0.3, 0.4) is 0 Å². The maximum Gasteiger partial charge on any atom is 0.269 e. The highest BCUT2D eigenvalue weighted by Crippen LogP contribution is 2.29. The van der Waals surface area contributed by atoms with Crippen molar-refractivity contribution in [1.82, 2.24) is 10.1 Å². The third-order valence-corrected chi connectivity index (χ3v) is 5.36. The van der Waals surface area contributed by atoms with Crippen molar-refractivity contribution < 1.29 is 14.2 Å². The number of nitro groups is 1. The zero-order chi connectivity index (χ0) is 23.3. The van der Waals surface area contributed by atoms with Crippen LogP contribution in [0.5, 0.6) is 0 Å². The molecular formula is C23H25ClN4O4. The zero-order valence-electron chi connectivity index (χ0n) is 17.9. The van der Waals surface area contributed by atoms with E-state index in [4.69, 9.17) is 21.9 Å². The monoisotopic (exact) mass is 456 g/mol. The Morgan fingerprint density at radius 1 is 1.19 bits per heavy atom. The van der Waals surface area contributed by atoms with Crippen molar-refractivity contribution >= 4 is 23.2 Å². The molecule has 1 atom stereocenters. The van der Waals surface area contributed by atoms with Crippen molar-refractivity contribution in [2.45, 2.75) is 39.4 Å². The summed E-state index contributed by atoms with van der Waals surface area (Å²) in [5.41, 5.74) is 7.74. The summed E-state index contributed by atoms with van der Waals surface area (Å²) in [4.78, 5) is 24.9. The number of rotatable bonds is 10. The summed E-state index contributed by atoms with van der Waals surface area (Å²) in [7, 11) is 0. The van der Waals surface area contributed by atoms with Gasteiger partial charge in [-0.15, -0.1) is 0 Å². The van der Waals surface area contributed by atoms with Crippen LogP contribution in [0.15, 0.2) is 59.1 Å². The molecule has 1 heterocycles. The van der Waals surface area contributed by atoms with E-state index in [0.29, 0.717) is 34.0 Å². The Kier molecular flexibility index (Phi) is 7.61. The number of nitrogens with two attached hydrogens (primary N) is 1. The summed E-state index contributed by atoms with van der Waals surface area (Å²) >= 11 is 6.26. The van der Waals surface area contributed by atoms with Gasteiger partial charge >= 0.3 is 0 Å². The first-order chi connectivity index (χ1) is 15.2. The predicted octanol–water partition coefficient (Wildman–Crippen LogP) is 4.81. The highest BCUT2D eigenvalue weighted by Gasteiger charge is 2.27. The van der Waals surface area contributed by atoms with E-state index in [1.165, 1.54) is 12.1 Å². The van der Waals surface area contributed by atoms with Crippen LogP contribution in [0, 0.1) is 16.0 Å². The van der Waals surface area contributed by atoms with Crippen molar-refractivity contribution in [2.75, 3.05) is 0 Å². The Labute approximate surface area is 191 Å². The molecule has 3 rings (SSSR count). The van der Waals surface area contributed by atoms with Gasteiger partial charge in [-0.1, -0.05) is 54.9 Å². The van der Waals surface area contributed by atoms with Crippen molar-refractivity contribution in [3.63, 3.8) is 0 Å². The molecule has 0 saturated carbocycles. The molecule has 2 N–H and O–H groups in total. The normalized spacial score (nSPS) is 12.3. The first-order valence-corrected chi connectivity index (χ1v) is 10.6. The fraction of sp³-hybridized carbons (Fsp3) is 0.304. The number of halogens is 1. The number of hydrogen-bond donors (Lipinski definition) is 1. The summed E-state index contributed by atoms with van der Waals surface area (Å²) in [6.07, 6.45) is 0.541. The second-order valence-electron chi connectivity index (χ2n) is 8.04. The van der Waals surface area contributed by atoms with Gasteiger partial charge < -0.3 is 10.3 Å². The van der Waals surface area contributed by atoms with Gasteiger partial charge in [0, 0.05) is 36.9 Å². The van der Waals surface area contributed by atoms with Crippen LogP contribution < -0.4 is 5.73 Å². The molecule has 0 aliphatic rings. The quantitative estimate of drug-likeness (QED) is 0.346. The van der Waals surface area contributed by atoms with Gasteiger partial charge in [0.05, 0.1) is 21.7 Å². The third-order valence-electron chi connectivity index (χ3n) is 5.03. The summed E-state index contributed by atoms with van der Waals surface area (Å²) in [6, 6.07) is 14.8. The maximum absolute atomic E-state index is 12.3. The zero-order valence-corrected chi connectivity index (χ0v) is 18.7. The predicted molar refractivity (Wildman–Crippen MR) is 122 cm³/mol. The maximum atomic E-state index is 12.3. The Balaban J connectivity index is 1.90. The van der Waals surface area contributed by atoms with Crippen LogP contribution in [0.4, 0.5) is 5.69 Å². The Morgan fingerprint density at radius 2 is 1.94 bits per heavy atom. The first-order valence-electron chi connectivity index (χ1n) is 10.2. The Bertz CT molecular complexity index is 1100. The first kappa shape index (κ1) is 23.4. The van der Waals surface area contributed by atoms with Gasteiger partial charge in [-0.2, -0.15) is 0 Å². The molecule has 0 radical (unpaired) electrons. The van der Waals surface area contributed by atoms with Gasteiger partial charge in [-0.25, -0.2) is 0 Å². The van der Waals surface area contributed by atoms with Crippen molar-refractivity contribution in [3.05, 3.63) is 81.0 Å². The number of carbonyl (C=O) groups excluding carboxylic acids is 1. The van der Waals surface area contributed by atoms with Gasteiger partial charge in [-0.3, -0.25) is 19.8 Å². The fourth-order valence-electron chi connectivity index (χ4n) is 3.55. The van der Waals surface area contributed by atoms with E-state index < -0.39 is 16.9 Å². The number of nitrogens with zero attached hydrogens (tertiary/aromatic N) is 3. The van der Waals surface area contributed by atoms with Crippen LogP contribution >= 0.6 is 11.6 Å². The second kappa shape index (κ2) is 10.4. The van der Waals surface area contributed by atoms with Crippen molar-refractivity contribution in [2.24, 2.45) is 11.7 Å². The Hall–Kier alpha value is -3.23. The van der Waals surface area contributed by atoms with Gasteiger partial charge in [0.1, 0.15) is 0 Å². The standard InChI is InChI=1S/C23H25ClN4O4/c1-15(2)10-21(23(25)29)27(13-16-6-5-7-18(11-16)28(30)31)14-17-12-22(32-26-17)19-8-3-4-9-20(19)24/h3-9,11-12,15,21H,10,13-14H2,1-2H3,(H2,25,29). The molecular weight excluding hydrogens is 432 g/mol. The number of primary amides is 1. The molecule has 0 aliphatic carbocycles. The third kappa shape index (κ3) is 5.93. The van der Waals surface area contributed by atoms with Crippen LogP contribution in [0.1, 0.15) is 31.5 Å². The van der Waals surface area contributed by atoms with E-state index in [0.717, 1.165) is 0 Å². The van der Waals surface area contributed by atoms with E-state index in [1.54, 1.807) is 24.3 Å². The minimum absolute atomic E-state index is 0.00984. The molecule has 1 aromatic heterocycles. The number of carbonyl (C=O) groups is 1. The molecule has 1 amide bonds. The summed E-state index contributed by atoms with van der Waals surface area (Å²) in [5.74, 6) is 0.274. The van der Waals surface area contributed by atoms with Crippen molar-refractivity contribution in [1.29, 1.82) is 0 Å². The van der Waals surface area contributed by atoms with Gasteiger partial charge in [0.15, 0.2) is 5.76 Å². The molecule has 0 saturated heterocycles. The summed E-state index contributed by atoms with van der Waals surface area (Å²) < 4.78 is 5.49. The highest BCUT2D eigenvalue weighted by atomic mass is 35.5. The molecule has 0 bridgehead atoms. The molecule has 9 heteroatoms. The molecule has 0 fully saturated rings. The minimum atomic E-state index is -0.574. The lowest BCUT2D eigenvalue weighted by atomic mass is 10.0. The topological polar surface area (TPSA) is 116 Å². The van der Waals surface area contributed by atoms with E-state index in [-0.39, 0.29) is 24.7 Å². The van der Waals surface area contributed by atoms with E-state index in [9.17, 15) is 14.9 Å². The van der Waals surface area contributed by atoms with E-state index in [1.807, 2.05) is 36.9 Å². The lowest BCUT2D eigenvalue weighted by Gasteiger charge is -2.30. The van der Waals surface area contributed by atoms with Crippen LogP contribution in [-0.4, -0.2) is 26.9 Å². The molecule has 8 nitrogen and oxygen atoms in total. The van der Waals surface area contributed by atoms with E-state index in [2.05, 4.69) is 5.16 Å². The number of hydrogen-bond acceptors (Lipinski definition) is 6. The number of benzene rings is 2. The highest BCUT2D eigenvalue weighted by molar-refractivity contribution is 6.33. The lowest BCUT2D eigenvalue weighted by molar-refractivity contribution is -0.384. The molecule has 0 spiro atoms. The molecule has 1 unspecified atom stereocenters. The largest absolute Gasteiger partial charge is 0.368 e. The molecule has 168 valence electrons. The lowest BCUT2D eigenvalue weighted by Crippen LogP contribution is -2.44.